The van der Waals surface area contributed by atoms with Crippen molar-refractivity contribution in [2.75, 3.05) is 11.9 Å². The molecule has 2 rings (SSSR count). The van der Waals surface area contributed by atoms with Crippen LogP contribution in [-0.2, 0) is 6.42 Å². The Labute approximate surface area is 83.5 Å². The van der Waals surface area contributed by atoms with Crippen molar-refractivity contribution in [3.05, 3.63) is 29.3 Å². The molecule has 0 saturated carbocycles. The molecule has 1 aliphatic rings. The van der Waals surface area contributed by atoms with Crippen molar-refractivity contribution in [3.8, 4) is 6.07 Å². The summed E-state index contributed by atoms with van der Waals surface area (Å²) >= 11 is 0. The molecule has 3 nitrogen and oxygen atoms in total. The molecule has 0 aliphatic carbocycles. The fraction of sp³-hybridized carbons (Fsp3) is 0.364. The third-order valence-electron chi connectivity index (χ3n) is 2.59. The van der Waals surface area contributed by atoms with E-state index in [0.29, 0.717) is 6.42 Å². The molecule has 0 radical (unpaired) electrons. The molecule has 1 atom stereocenters. The van der Waals surface area contributed by atoms with E-state index < -0.39 is 0 Å². The number of para-hydroxylation sites is 1. The molecular weight excluding hydrogens is 174 g/mol. The molecule has 1 aromatic rings. The summed E-state index contributed by atoms with van der Waals surface area (Å²) in [6.45, 7) is 0.978. The van der Waals surface area contributed by atoms with E-state index >= 15 is 0 Å². The van der Waals surface area contributed by atoms with Crippen LogP contribution in [0.2, 0.25) is 0 Å². The van der Waals surface area contributed by atoms with Gasteiger partial charge in [0.2, 0.25) is 0 Å². The number of nitriles is 1. The van der Waals surface area contributed by atoms with Gasteiger partial charge in [0.25, 0.3) is 0 Å². The van der Waals surface area contributed by atoms with Gasteiger partial charge in [0.05, 0.1) is 12.5 Å². The Morgan fingerprint density at radius 3 is 3.21 bits per heavy atom. The summed E-state index contributed by atoms with van der Waals surface area (Å²) in [5.74, 6) is 0. The number of anilines is 1. The normalized spacial score (nSPS) is 15.4. The van der Waals surface area contributed by atoms with Crippen LogP contribution < -0.4 is 11.1 Å². The second-order valence-corrected chi connectivity index (χ2v) is 3.53. The van der Waals surface area contributed by atoms with Crippen LogP contribution in [0, 0.1) is 11.3 Å². The number of nitrogens with two attached hydrogens (primary N) is 1. The number of fused-ring (bicyclic) bond motifs is 1. The van der Waals surface area contributed by atoms with Gasteiger partial charge in [-0.05, 0) is 17.5 Å². The molecule has 72 valence electrons. The zero-order valence-corrected chi connectivity index (χ0v) is 7.96. The average molecular weight is 187 g/mol. The highest BCUT2D eigenvalue weighted by Gasteiger charge is 2.17. The Bertz CT molecular complexity index is 379. The molecule has 0 fully saturated rings. The van der Waals surface area contributed by atoms with Crippen molar-refractivity contribution in [1.82, 2.24) is 0 Å². The van der Waals surface area contributed by atoms with Crippen LogP contribution in [0.15, 0.2) is 18.2 Å². The Morgan fingerprint density at radius 2 is 2.43 bits per heavy atom. The van der Waals surface area contributed by atoms with Crippen molar-refractivity contribution < 1.29 is 0 Å². The van der Waals surface area contributed by atoms with Gasteiger partial charge in [-0.25, -0.2) is 0 Å². The summed E-state index contributed by atoms with van der Waals surface area (Å²) < 4.78 is 0. The van der Waals surface area contributed by atoms with E-state index in [2.05, 4.69) is 17.5 Å². The van der Waals surface area contributed by atoms with E-state index in [0.717, 1.165) is 24.2 Å². The van der Waals surface area contributed by atoms with E-state index in [1.54, 1.807) is 0 Å². The summed E-state index contributed by atoms with van der Waals surface area (Å²) in [5.41, 5.74) is 9.45. The van der Waals surface area contributed by atoms with Crippen molar-refractivity contribution in [2.45, 2.75) is 18.9 Å². The molecule has 0 spiro atoms. The minimum atomic E-state index is -0.166. The smallest absolute Gasteiger partial charge is 0.0641 e. The number of nitrogens with one attached hydrogen (secondary N) is 1. The summed E-state index contributed by atoms with van der Waals surface area (Å²) in [6.07, 6.45) is 1.43. The molecule has 0 bridgehead atoms. The maximum Gasteiger partial charge on any atom is 0.0641 e. The van der Waals surface area contributed by atoms with E-state index in [1.165, 1.54) is 5.56 Å². The monoisotopic (exact) mass is 187 g/mol. The van der Waals surface area contributed by atoms with Gasteiger partial charge in [-0.1, -0.05) is 18.2 Å². The van der Waals surface area contributed by atoms with Gasteiger partial charge in [0.15, 0.2) is 0 Å². The fourth-order valence-electron chi connectivity index (χ4n) is 1.88. The van der Waals surface area contributed by atoms with E-state index in [-0.39, 0.29) is 6.04 Å². The first-order valence-corrected chi connectivity index (χ1v) is 4.81. The zero-order chi connectivity index (χ0) is 9.97. The molecule has 3 heteroatoms. The highest BCUT2D eigenvalue weighted by atomic mass is 14.9. The predicted octanol–water partition coefficient (Wildman–Crippen LogP) is 1.57. The van der Waals surface area contributed by atoms with E-state index in [4.69, 9.17) is 11.0 Å². The number of hydrogen-bond acceptors (Lipinski definition) is 3. The van der Waals surface area contributed by atoms with Gasteiger partial charge in [-0.2, -0.15) is 5.26 Å². The standard InChI is InChI=1S/C11H13N3/c12-6-4-10(13)9-3-1-2-8-5-7-14-11(8)9/h1-3,10,14H,4-5,7,13H2. The van der Waals surface area contributed by atoms with Gasteiger partial charge >= 0.3 is 0 Å². The van der Waals surface area contributed by atoms with Crippen LogP contribution in [0.4, 0.5) is 5.69 Å². The van der Waals surface area contributed by atoms with Gasteiger partial charge < -0.3 is 11.1 Å². The third-order valence-corrected chi connectivity index (χ3v) is 2.59. The molecule has 1 aliphatic heterocycles. The van der Waals surface area contributed by atoms with Crippen LogP contribution in [-0.4, -0.2) is 6.54 Å². The van der Waals surface area contributed by atoms with Crippen molar-refractivity contribution in [1.29, 1.82) is 5.26 Å². The second-order valence-electron chi connectivity index (χ2n) is 3.53. The zero-order valence-electron chi connectivity index (χ0n) is 7.96. The maximum absolute atomic E-state index is 8.60. The molecule has 14 heavy (non-hydrogen) atoms. The Hall–Kier alpha value is -1.53. The topological polar surface area (TPSA) is 61.8 Å². The SMILES string of the molecule is N#CCC(N)c1cccc2c1NCC2. The molecule has 1 aromatic carbocycles. The number of hydrogen-bond donors (Lipinski definition) is 2. The average Bonchev–Trinajstić information content (AvgIpc) is 2.65. The molecule has 1 unspecified atom stereocenters. The quantitative estimate of drug-likeness (QED) is 0.738. The Kier molecular flexibility index (Phi) is 2.38. The lowest BCUT2D eigenvalue weighted by molar-refractivity contribution is 0.750. The van der Waals surface area contributed by atoms with Crippen molar-refractivity contribution in [3.63, 3.8) is 0 Å². The first kappa shape index (κ1) is 9.04. The first-order chi connectivity index (χ1) is 6.83. The van der Waals surface area contributed by atoms with Crippen LogP contribution in [0.3, 0.4) is 0 Å². The summed E-state index contributed by atoms with van der Waals surface area (Å²) in [6, 6.07) is 8.06. The second kappa shape index (κ2) is 3.69. The molecular formula is C11H13N3. The number of benzene rings is 1. The summed E-state index contributed by atoms with van der Waals surface area (Å²) in [5, 5.41) is 11.9. The lowest BCUT2D eigenvalue weighted by atomic mass is 10.00. The maximum atomic E-state index is 8.60. The van der Waals surface area contributed by atoms with Gasteiger partial charge in [0.1, 0.15) is 0 Å². The van der Waals surface area contributed by atoms with Gasteiger partial charge in [-0.3, -0.25) is 0 Å². The molecule has 0 amide bonds. The Balaban J connectivity index is 2.35. The summed E-state index contributed by atoms with van der Waals surface area (Å²) in [4.78, 5) is 0. The minimum absolute atomic E-state index is 0.166. The van der Waals surface area contributed by atoms with Crippen molar-refractivity contribution in [2.24, 2.45) is 5.73 Å². The minimum Gasteiger partial charge on any atom is -0.384 e. The first-order valence-electron chi connectivity index (χ1n) is 4.81. The predicted molar refractivity (Wildman–Crippen MR) is 55.8 cm³/mol. The summed E-state index contributed by atoms with van der Waals surface area (Å²) in [7, 11) is 0. The highest BCUT2D eigenvalue weighted by molar-refractivity contribution is 5.62. The molecule has 0 saturated heterocycles. The highest BCUT2D eigenvalue weighted by Crippen LogP contribution is 2.30. The largest absolute Gasteiger partial charge is 0.384 e. The van der Waals surface area contributed by atoms with Crippen LogP contribution >= 0.6 is 0 Å². The molecule has 3 N–H and O–H groups in total. The third kappa shape index (κ3) is 1.45. The van der Waals surface area contributed by atoms with Crippen molar-refractivity contribution >= 4 is 5.69 Å². The number of rotatable bonds is 2. The van der Waals surface area contributed by atoms with E-state index in [9.17, 15) is 0 Å². The van der Waals surface area contributed by atoms with Crippen LogP contribution in [0.1, 0.15) is 23.6 Å². The van der Waals surface area contributed by atoms with E-state index in [1.807, 2.05) is 12.1 Å². The number of nitrogens with zero attached hydrogens (tertiary/aromatic N) is 1. The molecule has 0 aromatic heterocycles. The van der Waals surface area contributed by atoms with Gasteiger partial charge in [-0.15, -0.1) is 0 Å². The molecule has 1 heterocycles. The van der Waals surface area contributed by atoms with Crippen LogP contribution in [0.5, 0.6) is 0 Å². The van der Waals surface area contributed by atoms with Gasteiger partial charge in [0, 0.05) is 18.3 Å². The Morgan fingerprint density at radius 1 is 1.57 bits per heavy atom. The van der Waals surface area contributed by atoms with Crippen LogP contribution in [0.25, 0.3) is 0 Å². The lowest BCUT2D eigenvalue weighted by Crippen LogP contribution is -2.11. The lowest BCUT2D eigenvalue weighted by Gasteiger charge is -2.13. The fourth-order valence-corrected chi connectivity index (χ4v) is 1.88.